The fraction of sp³-hybridized carbons (Fsp3) is 0.0625. The topological polar surface area (TPSA) is 97.1 Å². The molecule has 0 radical (unpaired) electrons. The van der Waals surface area contributed by atoms with Gasteiger partial charge in [0.1, 0.15) is 12.1 Å². The molecular formula is C16H13ClN6O2. The number of pyridine rings is 1. The van der Waals surface area contributed by atoms with E-state index in [1.54, 1.807) is 24.1 Å². The number of benzene rings is 1. The number of para-hydroxylation sites is 1. The van der Waals surface area contributed by atoms with E-state index in [1.807, 2.05) is 30.3 Å². The first-order valence-electron chi connectivity index (χ1n) is 7.23. The Morgan fingerprint density at radius 3 is 2.52 bits per heavy atom. The van der Waals surface area contributed by atoms with Crippen LogP contribution in [0.25, 0.3) is 0 Å². The summed E-state index contributed by atoms with van der Waals surface area (Å²) in [5.74, 6) is 0.606. The lowest BCUT2D eigenvalue weighted by Crippen LogP contribution is -2.15. The Morgan fingerprint density at radius 1 is 1.12 bits per heavy atom. The van der Waals surface area contributed by atoms with Gasteiger partial charge in [0.2, 0.25) is 11.6 Å². The molecule has 3 rings (SSSR count). The van der Waals surface area contributed by atoms with Crippen LogP contribution in [0.2, 0.25) is 5.02 Å². The summed E-state index contributed by atoms with van der Waals surface area (Å²) in [6.45, 7) is 0. The van der Waals surface area contributed by atoms with Crippen molar-refractivity contribution in [1.82, 2.24) is 15.0 Å². The van der Waals surface area contributed by atoms with Crippen molar-refractivity contribution >= 4 is 40.4 Å². The molecule has 1 aromatic carbocycles. The first kappa shape index (κ1) is 16.6. The maximum atomic E-state index is 11.6. The third kappa shape index (κ3) is 3.64. The van der Waals surface area contributed by atoms with Crippen molar-refractivity contribution in [2.24, 2.45) is 0 Å². The molecule has 0 saturated heterocycles. The number of hydrogen-bond donors (Lipinski definition) is 1. The van der Waals surface area contributed by atoms with Crippen molar-refractivity contribution in [1.29, 1.82) is 0 Å². The summed E-state index contributed by atoms with van der Waals surface area (Å²) in [5.41, 5.74) is 0.519. The van der Waals surface area contributed by atoms with Crippen LogP contribution in [0.1, 0.15) is 0 Å². The van der Waals surface area contributed by atoms with Crippen LogP contribution in [-0.2, 0) is 0 Å². The third-order valence-electron chi connectivity index (χ3n) is 3.42. The summed E-state index contributed by atoms with van der Waals surface area (Å²) in [6, 6.07) is 12.4. The zero-order chi connectivity index (χ0) is 17.8. The van der Waals surface area contributed by atoms with Gasteiger partial charge in [-0.15, -0.1) is 0 Å². The second-order valence-electron chi connectivity index (χ2n) is 5.03. The highest BCUT2D eigenvalue weighted by Gasteiger charge is 2.26. The molecule has 0 aliphatic carbocycles. The van der Waals surface area contributed by atoms with E-state index in [4.69, 9.17) is 11.6 Å². The number of halogens is 1. The van der Waals surface area contributed by atoms with Gasteiger partial charge in [-0.05, 0) is 24.3 Å². The Balaban J connectivity index is 2.02. The molecule has 8 nitrogen and oxygen atoms in total. The average molecular weight is 357 g/mol. The molecule has 0 saturated carbocycles. The van der Waals surface area contributed by atoms with Gasteiger partial charge in [-0.25, -0.2) is 15.0 Å². The predicted octanol–water partition coefficient (Wildman–Crippen LogP) is 3.94. The SMILES string of the molecule is CN(c1ccccc1)c1ncnc(Nc2ccc(Cl)cn2)c1[N+](=O)[O-]. The average Bonchev–Trinajstić information content (AvgIpc) is 2.63. The summed E-state index contributed by atoms with van der Waals surface area (Å²) in [5, 5.41) is 14.9. The standard InChI is InChI=1S/C16H13ClN6O2/c1-22(12-5-3-2-4-6-12)16-14(23(24)25)15(19-10-20-16)21-13-8-7-11(17)9-18-13/h2-10H,1H3,(H,18,19,20,21). The Kier molecular flexibility index (Phi) is 4.71. The smallest absolute Gasteiger partial charge is 0.324 e. The van der Waals surface area contributed by atoms with Crippen LogP contribution in [0, 0.1) is 10.1 Å². The number of aromatic nitrogens is 3. The van der Waals surface area contributed by atoms with E-state index in [2.05, 4.69) is 20.3 Å². The molecule has 0 unspecified atom stereocenters. The number of nitrogens with one attached hydrogen (secondary N) is 1. The number of nitro groups is 1. The van der Waals surface area contributed by atoms with Crippen LogP contribution < -0.4 is 10.2 Å². The quantitative estimate of drug-likeness (QED) is 0.546. The van der Waals surface area contributed by atoms with Gasteiger partial charge < -0.3 is 10.2 Å². The molecule has 2 aromatic heterocycles. The second kappa shape index (κ2) is 7.10. The van der Waals surface area contributed by atoms with Crippen molar-refractivity contribution in [3.8, 4) is 0 Å². The maximum absolute atomic E-state index is 11.6. The van der Waals surface area contributed by atoms with E-state index in [9.17, 15) is 10.1 Å². The van der Waals surface area contributed by atoms with Gasteiger partial charge in [0, 0.05) is 18.9 Å². The van der Waals surface area contributed by atoms with E-state index in [0.717, 1.165) is 5.69 Å². The van der Waals surface area contributed by atoms with E-state index in [0.29, 0.717) is 10.8 Å². The molecule has 0 spiro atoms. The molecule has 0 aliphatic rings. The molecule has 9 heteroatoms. The largest absolute Gasteiger partial charge is 0.354 e. The fourth-order valence-electron chi connectivity index (χ4n) is 2.22. The highest BCUT2D eigenvalue weighted by atomic mass is 35.5. The molecule has 126 valence electrons. The minimum absolute atomic E-state index is 0.0487. The second-order valence-corrected chi connectivity index (χ2v) is 5.47. The van der Waals surface area contributed by atoms with Crippen molar-refractivity contribution in [3.05, 3.63) is 70.1 Å². The van der Waals surface area contributed by atoms with Gasteiger partial charge in [-0.2, -0.15) is 0 Å². The fourth-order valence-corrected chi connectivity index (χ4v) is 2.33. The van der Waals surface area contributed by atoms with Crippen LogP contribution >= 0.6 is 11.6 Å². The highest BCUT2D eigenvalue weighted by Crippen LogP contribution is 2.35. The monoisotopic (exact) mass is 356 g/mol. The van der Waals surface area contributed by atoms with Gasteiger partial charge in [0.05, 0.1) is 9.95 Å². The van der Waals surface area contributed by atoms with Crippen LogP contribution in [-0.4, -0.2) is 26.9 Å². The highest BCUT2D eigenvalue weighted by molar-refractivity contribution is 6.30. The molecule has 0 bridgehead atoms. The first-order valence-corrected chi connectivity index (χ1v) is 7.61. The minimum Gasteiger partial charge on any atom is -0.324 e. The van der Waals surface area contributed by atoms with E-state index >= 15 is 0 Å². The van der Waals surface area contributed by atoms with Gasteiger partial charge in [-0.1, -0.05) is 29.8 Å². The van der Waals surface area contributed by atoms with E-state index < -0.39 is 4.92 Å². The Bertz CT molecular complexity index is 889. The Labute approximate surface area is 148 Å². The van der Waals surface area contributed by atoms with Crippen molar-refractivity contribution < 1.29 is 4.92 Å². The molecule has 0 aliphatic heterocycles. The molecule has 25 heavy (non-hydrogen) atoms. The van der Waals surface area contributed by atoms with Crippen molar-refractivity contribution in [3.63, 3.8) is 0 Å². The number of nitrogens with zero attached hydrogens (tertiary/aromatic N) is 5. The van der Waals surface area contributed by atoms with E-state index in [1.165, 1.54) is 12.5 Å². The lowest BCUT2D eigenvalue weighted by molar-refractivity contribution is -0.383. The zero-order valence-corrected chi connectivity index (χ0v) is 13.9. The van der Waals surface area contributed by atoms with Crippen LogP contribution in [0.3, 0.4) is 0 Å². The Morgan fingerprint density at radius 2 is 1.88 bits per heavy atom. The molecular weight excluding hydrogens is 344 g/mol. The Hall–Kier alpha value is -3.26. The molecule has 0 atom stereocenters. The van der Waals surface area contributed by atoms with Gasteiger partial charge in [0.15, 0.2) is 0 Å². The van der Waals surface area contributed by atoms with Gasteiger partial charge in [0.25, 0.3) is 0 Å². The summed E-state index contributed by atoms with van der Waals surface area (Å²) in [7, 11) is 1.70. The number of anilines is 4. The van der Waals surface area contributed by atoms with Crippen molar-refractivity contribution in [2.75, 3.05) is 17.3 Å². The first-order chi connectivity index (χ1) is 12.1. The summed E-state index contributed by atoms with van der Waals surface area (Å²) in [6.07, 6.45) is 2.70. The van der Waals surface area contributed by atoms with Crippen molar-refractivity contribution in [2.45, 2.75) is 0 Å². The molecule has 1 N–H and O–H groups in total. The molecule has 3 aromatic rings. The third-order valence-corrected chi connectivity index (χ3v) is 3.64. The minimum atomic E-state index is -0.521. The zero-order valence-electron chi connectivity index (χ0n) is 13.1. The van der Waals surface area contributed by atoms with E-state index in [-0.39, 0.29) is 17.3 Å². The lowest BCUT2D eigenvalue weighted by Gasteiger charge is -2.18. The maximum Gasteiger partial charge on any atom is 0.354 e. The summed E-state index contributed by atoms with van der Waals surface area (Å²) < 4.78 is 0. The molecule has 0 fully saturated rings. The summed E-state index contributed by atoms with van der Waals surface area (Å²) >= 11 is 5.80. The lowest BCUT2D eigenvalue weighted by atomic mass is 10.3. The number of hydrogen-bond acceptors (Lipinski definition) is 7. The van der Waals surface area contributed by atoms with Crippen LogP contribution in [0.4, 0.5) is 28.8 Å². The van der Waals surface area contributed by atoms with Crippen LogP contribution in [0.5, 0.6) is 0 Å². The predicted molar refractivity (Wildman–Crippen MR) is 95.7 cm³/mol. The summed E-state index contributed by atoms with van der Waals surface area (Å²) in [4.78, 5) is 24.9. The van der Waals surface area contributed by atoms with Gasteiger partial charge in [-0.3, -0.25) is 10.1 Å². The number of rotatable bonds is 5. The van der Waals surface area contributed by atoms with Gasteiger partial charge >= 0.3 is 5.69 Å². The van der Waals surface area contributed by atoms with Crippen LogP contribution in [0.15, 0.2) is 55.0 Å². The molecule has 2 heterocycles. The molecule has 0 amide bonds. The normalized spacial score (nSPS) is 10.3.